The molecule has 0 unspecified atom stereocenters. The van der Waals surface area contributed by atoms with Crippen molar-refractivity contribution in [2.75, 3.05) is 0 Å². The fourth-order valence-electron chi connectivity index (χ4n) is 6.37. The molecular formula is C36H54O12. The summed E-state index contributed by atoms with van der Waals surface area (Å²) in [6.07, 6.45) is 9.69. The van der Waals surface area contributed by atoms with Gasteiger partial charge in [0.25, 0.3) is 0 Å². The van der Waals surface area contributed by atoms with E-state index in [0.717, 1.165) is 33.4 Å². The van der Waals surface area contributed by atoms with Crippen molar-refractivity contribution < 1.29 is 59.4 Å². The minimum absolute atomic E-state index is 0.00758. The molecule has 0 bridgehead atoms. The molecule has 0 aliphatic rings. The molecule has 1 rings (SSSR count). The molecule has 0 amide bonds. The van der Waals surface area contributed by atoms with Crippen LogP contribution in [-0.2, 0) is 67.3 Å². The quantitative estimate of drug-likeness (QED) is 0.0482. The molecule has 0 fully saturated rings. The van der Waals surface area contributed by atoms with E-state index in [0.29, 0.717) is 116 Å². The van der Waals surface area contributed by atoms with Crippen LogP contribution in [0.2, 0.25) is 0 Å². The van der Waals surface area contributed by atoms with E-state index in [1.54, 1.807) is 0 Å². The number of benzene rings is 1. The second-order valence-electron chi connectivity index (χ2n) is 12.5. The molecule has 0 aromatic heterocycles. The number of carbonyl (C=O) groups is 6. The van der Waals surface area contributed by atoms with E-state index in [4.69, 9.17) is 0 Å². The largest absolute Gasteiger partial charge is 0.481 e. The van der Waals surface area contributed by atoms with E-state index in [9.17, 15) is 59.4 Å². The Hall–Kier alpha value is -3.96. The summed E-state index contributed by atoms with van der Waals surface area (Å²) in [6, 6.07) is 0. The van der Waals surface area contributed by atoms with Gasteiger partial charge in [0, 0.05) is 38.5 Å². The van der Waals surface area contributed by atoms with Crippen LogP contribution >= 0.6 is 0 Å². The molecule has 1 aromatic carbocycles. The summed E-state index contributed by atoms with van der Waals surface area (Å²) in [7, 11) is 0. The first-order valence-corrected chi connectivity index (χ1v) is 17.3. The van der Waals surface area contributed by atoms with Gasteiger partial charge in [0.1, 0.15) is 0 Å². The standard InChI is InChI=1S/C36H54O12/c37-31(38)19-7-1-13-25-26(14-2-8-20-32(39)40)28(16-4-10-22-34(43)44)30(18-6-12-24-36(47)48)29(17-5-11-23-35(45)46)27(25)15-3-9-21-33(41)42/h1-24H2,(H,37,38)(H,39,40)(H,41,42)(H,43,44)(H,45,46)(H,47,48). The second-order valence-corrected chi connectivity index (χ2v) is 12.5. The maximum absolute atomic E-state index is 11.3. The molecule has 12 heteroatoms. The number of hydrogen-bond acceptors (Lipinski definition) is 6. The topological polar surface area (TPSA) is 224 Å². The Morgan fingerprint density at radius 3 is 0.479 bits per heavy atom. The summed E-state index contributed by atoms with van der Waals surface area (Å²) in [5.41, 5.74) is 6.34. The lowest BCUT2D eigenvalue weighted by atomic mass is 9.77. The molecule has 270 valence electrons. The highest BCUT2D eigenvalue weighted by Crippen LogP contribution is 2.36. The van der Waals surface area contributed by atoms with E-state index in [-0.39, 0.29) is 38.5 Å². The van der Waals surface area contributed by atoms with Crippen molar-refractivity contribution in [1.82, 2.24) is 0 Å². The van der Waals surface area contributed by atoms with Gasteiger partial charge in [-0.15, -0.1) is 0 Å². The first-order valence-electron chi connectivity index (χ1n) is 17.3. The first-order chi connectivity index (χ1) is 22.8. The summed E-state index contributed by atoms with van der Waals surface area (Å²) in [5, 5.41) is 55.6. The smallest absolute Gasteiger partial charge is 0.303 e. The summed E-state index contributed by atoms with van der Waals surface area (Å²) >= 11 is 0. The van der Waals surface area contributed by atoms with Gasteiger partial charge in [-0.05, 0) is 149 Å². The van der Waals surface area contributed by atoms with Gasteiger partial charge in [-0.2, -0.15) is 0 Å². The third-order valence-electron chi connectivity index (χ3n) is 8.59. The average molecular weight is 679 g/mol. The Labute approximate surface area is 282 Å². The Kier molecular flexibility index (Phi) is 21.2. The Bertz CT molecular complexity index is 960. The highest BCUT2D eigenvalue weighted by Gasteiger charge is 2.23. The predicted molar refractivity (Wildman–Crippen MR) is 178 cm³/mol. The van der Waals surface area contributed by atoms with E-state index in [2.05, 4.69) is 0 Å². The molecule has 0 saturated heterocycles. The SMILES string of the molecule is O=C(O)CCCCc1c(CCCCC(=O)O)c(CCCCC(=O)O)c(CCCCC(=O)O)c(CCCCC(=O)O)c1CCCCC(=O)O. The molecule has 0 aliphatic heterocycles. The van der Waals surface area contributed by atoms with Gasteiger partial charge in [0.2, 0.25) is 0 Å². The number of carboxylic acid groups (broad SMARTS) is 6. The number of rotatable bonds is 30. The maximum atomic E-state index is 11.3. The van der Waals surface area contributed by atoms with Crippen LogP contribution in [0.4, 0.5) is 0 Å². The molecule has 48 heavy (non-hydrogen) atoms. The highest BCUT2D eigenvalue weighted by molar-refractivity contribution is 5.68. The number of aliphatic carboxylic acids is 6. The van der Waals surface area contributed by atoms with Gasteiger partial charge >= 0.3 is 35.8 Å². The van der Waals surface area contributed by atoms with E-state index in [1.165, 1.54) is 0 Å². The fourth-order valence-corrected chi connectivity index (χ4v) is 6.37. The van der Waals surface area contributed by atoms with Crippen molar-refractivity contribution in [3.05, 3.63) is 33.4 Å². The minimum atomic E-state index is -0.896. The molecule has 12 nitrogen and oxygen atoms in total. The lowest BCUT2D eigenvalue weighted by Gasteiger charge is -2.28. The van der Waals surface area contributed by atoms with Crippen LogP contribution in [0.3, 0.4) is 0 Å². The van der Waals surface area contributed by atoms with Crippen molar-refractivity contribution >= 4 is 35.8 Å². The number of hydrogen-bond donors (Lipinski definition) is 6. The lowest BCUT2D eigenvalue weighted by molar-refractivity contribution is -0.138. The minimum Gasteiger partial charge on any atom is -0.481 e. The monoisotopic (exact) mass is 678 g/mol. The van der Waals surface area contributed by atoms with Gasteiger partial charge in [-0.1, -0.05) is 0 Å². The van der Waals surface area contributed by atoms with Crippen LogP contribution in [0.15, 0.2) is 0 Å². The first kappa shape index (κ1) is 42.1. The third-order valence-corrected chi connectivity index (χ3v) is 8.59. The Balaban J connectivity index is 3.90. The molecule has 0 atom stereocenters. The van der Waals surface area contributed by atoms with Gasteiger partial charge in [0.05, 0.1) is 0 Å². The zero-order valence-electron chi connectivity index (χ0n) is 28.1. The van der Waals surface area contributed by atoms with E-state index < -0.39 is 35.8 Å². The lowest BCUT2D eigenvalue weighted by Crippen LogP contribution is -2.16. The Morgan fingerprint density at radius 2 is 0.375 bits per heavy atom. The molecule has 0 aliphatic carbocycles. The summed E-state index contributed by atoms with van der Waals surface area (Å²) in [5.74, 6) is -5.37. The van der Waals surface area contributed by atoms with Gasteiger partial charge in [-0.25, -0.2) is 0 Å². The third kappa shape index (κ3) is 18.4. The van der Waals surface area contributed by atoms with Crippen LogP contribution in [0.5, 0.6) is 0 Å². The van der Waals surface area contributed by atoms with Gasteiger partial charge in [-0.3, -0.25) is 28.8 Å². The van der Waals surface area contributed by atoms with E-state index in [1.807, 2.05) is 0 Å². The highest BCUT2D eigenvalue weighted by atomic mass is 16.4. The molecule has 0 radical (unpaired) electrons. The number of unbranched alkanes of at least 4 members (excludes halogenated alkanes) is 6. The molecule has 1 aromatic rings. The van der Waals surface area contributed by atoms with E-state index >= 15 is 0 Å². The average Bonchev–Trinajstić information content (AvgIpc) is 2.99. The zero-order valence-corrected chi connectivity index (χ0v) is 28.1. The van der Waals surface area contributed by atoms with Crippen molar-refractivity contribution in [2.45, 2.75) is 154 Å². The van der Waals surface area contributed by atoms with Crippen LogP contribution in [0.1, 0.15) is 149 Å². The maximum Gasteiger partial charge on any atom is 0.303 e. The van der Waals surface area contributed by atoms with Crippen molar-refractivity contribution in [1.29, 1.82) is 0 Å². The van der Waals surface area contributed by atoms with Crippen LogP contribution < -0.4 is 0 Å². The van der Waals surface area contributed by atoms with Crippen LogP contribution in [0, 0.1) is 0 Å². The summed E-state index contributed by atoms with van der Waals surface area (Å²) in [6.45, 7) is 0. The fraction of sp³-hybridized carbons (Fsp3) is 0.667. The summed E-state index contributed by atoms with van der Waals surface area (Å²) in [4.78, 5) is 67.8. The van der Waals surface area contributed by atoms with Crippen molar-refractivity contribution in [2.24, 2.45) is 0 Å². The zero-order chi connectivity index (χ0) is 35.9. The van der Waals surface area contributed by atoms with Crippen LogP contribution in [-0.4, -0.2) is 66.5 Å². The van der Waals surface area contributed by atoms with Crippen LogP contribution in [0.25, 0.3) is 0 Å². The Morgan fingerprint density at radius 1 is 0.250 bits per heavy atom. The number of carboxylic acids is 6. The van der Waals surface area contributed by atoms with Gasteiger partial charge in [0.15, 0.2) is 0 Å². The molecule has 6 N–H and O–H groups in total. The predicted octanol–water partition coefficient (Wildman–Crippen LogP) is 6.47. The normalized spacial score (nSPS) is 11.0. The second kappa shape index (κ2) is 24.2. The molecule has 0 spiro atoms. The van der Waals surface area contributed by atoms with Crippen molar-refractivity contribution in [3.63, 3.8) is 0 Å². The molecular weight excluding hydrogens is 624 g/mol. The molecule has 0 saturated carbocycles. The van der Waals surface area contributed by atoms with Crippen molar-refractivity contribution in [3.8, 4) is 0 Å². The summed E-state index contributed by atoms with van der Waals surface area (Å²) < 4.78 is 0. The van der Waals surface area contributed by atoms with Gasteiger partial charge < -0.3 is 30.6 Å². The molecule has 0 heterocycles.